The predicted molar refractivity (Wildman–Crippen MR) is 30.5 cm³/mol. The Kier molecular flexibility index (Phi) is 1.48. The summed E-state index contributed by atoms with van der Waals surface area (Å²) in [7, 11) is 1.90. The third-order valence-corrected chi connectivity index (χ3v) is 1.44. The van der Waals surface area contributed by atoms with Crippen LogP contribution in [0.2, 0.25) is 0 Å². The maximum atomic E-state index is 9.78. The van der Waals surface area contributed by atoms with Crippen LogP contribution in [-0.2, 0) is 4.79 Å². The highest BCUT2D eigenvalue weighted by Gasteiger charge is 2.34. The fourth-order valence-corrected chi connectivity index (χ4v) is 0.786. The Labute approximate surface area is 48.5 Å². The smallest absolute Gasteiger partial charge is 0.207 e. The molecule has 1 saturated carbocycles. The fourth-order valence-electron chi connectivity index (χ4n) is 0.786. The largest absolute Gasteiger partial charge is 0.354 e. The van der Waals surface area contributed by atoms with Gasteiger partial charge in [0.25, 0.3) is 0 Å². The number of amides is 1. The van der Waals surface area contributed by atoms with Crippen molar-refractivity contribution in [3.8, 4) is 0 Å². The highest BCUT2D eigenvalue weighted by molar-refractivity contribution is 5.48. The molecule has 1 aliphatic rings. The van der Waals surface area contributed by atoms with Crippen molar-refractivity contribution in [2.75, 3.05) is 7.05 Å². The molecule has 1 amide bonds. The SMILES string of the molecule is CNC1CC1NC=O. The lowest BCUT2D eigenvalue weighted by Crippen LogP contribution is -2.23. The van der Waals surface area contributed by atoms with E-state index < -0.39 is 0 Å². The fraction of sp³-hybridized carbons (Fsp3) is 0.800. The molecule has 1 aliphatic carbocycles. The normalized spacial score (nSPS) is 34.1. The molecule has 46 valence electrons. The first kappa shape index (κ1) is 5.56. The number of carbonyl (C=O) groups is 1. The van der Waals surface area contributed by atoms with Gasteiger partial charge < -0.3 is 10.6 Å². The first-order valence-electron chi connectivity index (χ1n) is 2.75. The molecule has 0 heterocycles. The Hall–Kier alpha value is -0.570. The minimum absolute atomic E-state index is 0.400. The maximum Gasteiger partial charge on any atom is 0.207 e. The van der Waals surface area contributed by atoms with Crippen LogP contribution in [0.1, 0.15) is 6.42 Å². The molecule has 1 rings (SSSR count). The summed E-state index contributed by atoms with van der Waals surface area (Å²) in [5.74, 6) is 0. The van der Waals surface area contributed by atoms with Gasteiger partial charge in [-0.1, -0.05) is 0 Å². The van der Waals surface area contributed by atoms with E-state index in [1.165, 1.54) is 0 Å². The van der Waals surface area contributed by atoms with Crippen LogP contribution < -0.4 is 10.6 Å². The van der Waals surface area contributed by atoms with Gasteiger partial charge in [-0.25, -0.2) is 0 Å². The Morgan fingerprint density at radius 2 is 2.38 bits per heavy atom. The second-order valence-electron chi connectivity index (χ2n) is 2.02. The zero-order chi connectivity index (χ0) is 5.98. The van der Waals surface area contributed by atoms with Crippen molar-refractivity contribution in [3.63, 3.8) is 0 Å². The van der Waals surface area contributed by atoms with Crippen molar-refractivity contribution >= 4 is 6.41 Å². The number of nitrogens with one attached hydrogen (secondary N) is 2. The van der Waals surface area contributed by atoms with E-state index in [0.717, 1.165) is 12.8 Å². The Morgan fingerprint density at radius 1 is 1.62 bits per heavy atom. The summed E-state index contributed by atoms with van der Waals surface area (Å²) in [5, 5.41) is 5.73. The van der Waals surface area contributed by atoms with Crippen molar-refractivity contribution in [1.29, 1.82) is 0 Å². The van der Waals surface area contributed by atoms with E-state index in [2.05, 4.69) is 10.6 Å². The van der Waals surface area contributed by atoms with Crippen LogP contribution in [0.3, 0.4) is 0 Å². The Morgan fingerprint density at radius 3 is 2.75 bits per heavy atom. The number of hydrogen-bond donors (Lipinski definition) is 2. The van der Waals surface area contributed by atoms with E-state index in [-0.39, 0.29) is 0 Å². The zero-order valence-electron chi connectivity index (χ0n) is 4.85. The number of likely N-dealkylation sites (N-methyl/N-ethyl adjacent to an activating group) is 1. The lowest BCUT2D eigenvalue weighted by Gasteiger charge is -1.92. The quantitative estimate of drug-likeness (QED) is 0.466. The topological polar surface area (TPSA) is 41.1 Å². The van der Waals surface area contributed by atoms with Gasteiger partial charge >= 0.3 is 0 Å². The summed E-state index contributed by atoms with van der Waals surface area (Å²) in [5.41, 5.74) is 0. The van der Waals surface area contributed by atoms with Crippen LogP contribution in [0.25, 0.3) is 0 Å². The minimum atomic E-state index is 0.400. The van der Waals surface area contributed by atoms with E-state index in [0.29, 0.717) is 12.1 Å². The molecule has 0 aromatic heterocycles. The summed E-state index contributed by atoms with van der Waals surface area (Å²) >= 11 is 0. The number of hydrogen-bond acceptors (Lipinski definition) is 2. The van der Waals surface area contributed by atoms with Gasteiger partial charge in [0.1, 0.15) is 0 Å². The van der Waals surface area contributed by atoms with Gasteiger partial charge in [0.15, 0.2) is 0 Å². The van der Waals surface area contributed by atoms with Crippen molar-refractivity contribution in [2.45, 2.75) is 18.5 Å². The molecular weight excluding hydrogens is 104 g/mol. The summed E-state index contributed by atoms with van der Waals surface area (Å²) < 4.78 is 0. The second kappa shape index (κ2) is 2.13. The number of carbonyl (C=O) groups excluding carboxylic acids is 1. The van der Waals surface area contributed by atoms with E-state index >= 15 is 0 Å². The molecule has 8 heavy (non-hydrogen) atoms. The third-order valence-electron chi connectivity index (χ3n) is 1.44. The van der Waals surface area contributed by atoms with Crippen molar-refractivity contribution in [1.82, 2.24) is 10.6 Å². The molecule has 0 saturated heterocycles. The first-order chi connectivity index (χ1) is 3.88. The van der Waals surface area contributed by atoms with E-state index in [4.69, 9.17) is 0 Å². The van der Waals surface area contributed by atoms with Gasteiger partial charge in [0.2, 0.25) is 6.41 Å². The van der Waals surface area contributed by atoms with Gasteiger partial charge in [-0.05, 0) is 13.5 Å². The van der Waals surface area contributed by atoms with Crippen molar-refractivity contribution in [2.24, 2.45) is 0 Å². The van der Waals surface area contributed by atoms with Crippen LogP contribution in [0, 0.1) is 0 Å². The lowest BCUT2D eigenvalue weighted by molar-refractivity contribution is -0.109. The van der Waals surface area contributed by atoms with Gasteiger partial charge in [0.05, 0.1) is 0 Å². The average Bonchev–Trinajstić information content (AvgIpc) is 2.48. The second-order valence-corrected chi connectivity index (χ2v) is 2.02. The predicted octanol–water partition coefficient (Wildman–Crippen LogP) is -0.907. The average molecular weight is 114 g/mol. The molecular formula is C5H10N2O. The summed E-state index contributed by atoms with van der Waals surface area (Å²) in [4.78, 5) is 9.78. The number of rotatable bonds is 3. The minimum Gasteiger partial charge on any atom is -0.354 e. The van der Waals surface area contributed by atoms with Crippen LogP contribution in [0.5, 0.6) is 0 Å². The highest BCUT2D eigenvalue weighted by Crippen LogP contribution is 2.18. The molecule has 0 aliphatic heterocycles. The molecule has 2 atom stereocenters. The molecule has 3 heteroatoms. The molecule has 2 unspecified atom stereocenters. The molecule has 2 N–H and O–H groups in total. The van der Waals surface area contributed by atoms with Gasteiger partial charge in [-0.2, -0.15) is 0 Å². The van der Waals surface area contributed by atoms with Crippen molar-refractivity contribution in [3.05, 3.63) is 0 Å². The monoisotopic (exact) mass is 114 g/mol. The Bertz CT molecular complexity index is 94.4. The molecule has 0 bridgehead atoms. The third kappa shape index (κ3) is 0.980. The highest BCUT2D eigenvalue weighted by atomic mass is 16.1. The van der Waals surface area contributed by atoms with Gasteiger partial charge in [-0.3, -0.25) is 4.79 Å². The maximum absolute atomic E-state index is 9.78. The van der Waals surface area contributed by atoms with E-state index in [1.54, 1.807) is 0 Å². The Balaban J connectivity index is 2.07. The van der Waals surface area contributed by atoms with Crippen LogP contribution in [-0.4, -0.2) is 25.5 Å². The summed E-state index contributed by atoms with van der Waals surface area (Å²) in [6.07, 6.45) is 1.83. The van der Waals surface area contributed by atoms with Crippen LogP contribution in [0.4, 0.5) is 0 Å². The lowest BCUT2D eigenvalue weighted by atomic mass is 10.6. The molecule has 3 nitrogen and oxygen atoms in total. The summed E-state index contributed by atoms with van der Waals surface area (Å²) in [6, 6.07) is 0.928. The summed E-state index contributed by atoms with van der Waals surface area (Å²) in [6.45, 7) is 0. The first-order valence-corrected chi connectivity index (χ1v) is 2.75. The van der Waals surface area contributed by atoms with E-state index in [9.17, 15) is 4.79 Å². The molecule has 0 aromatic carbocycles. The molecule has 1 fully saturated rings. The van der Waals surface area contributed by atoms with Crippen LogP contribution in [0.15, 0.2) is 0 Å². The van der Waals surface area contributed by atoms with Gasteiger partial charge in [-0.15, -0.1) is 0 Å². The van der Waals surface area contributed by atoms with Gasteiger partial charge in [0, 0.05) is 12.1 Å². The molecule has 0 aromatic rings. The standard InChI is InChI=1S/C5H10N2O/c1-6-4-2-5(4)7-3-8/h3-6H,2H2,1H3,(H,7,8). The van der Waals surface area contributed by atoms with E-state index in [1.807, 2.05) is 7.05 Å². The molecule has 0 spiro atoms. The van der Waals surface area contributed by atoms with Crippen molar-refractivity contribution < 1.29 is 4.79 Å². The van der Waals surface area contributed by atoms with Crippen LogP contribution >= 0.6 is 0 Å². The molecule has 0 radical (unpaired) electrons. The zero-order valence-corrected chi connectivity index (χ0v) is 4.85.